The Labute approximate surface area is 128 Å². The number of carbonyl (C=O) groups is 1. The second kappa shape index (κ2) is 8.53. The predicted molar refractivity (Wildman–Crippen MR) is 83.0 cm³/mol. The highest BCUT2D eigenvalue weighted by atomic mass is 79.9. The molecule has 0 bridgehead atoms. The van der Waals surface area contributed by atoms with E-state index in [0.717, 1.165) is 37.2 Å². The van der Waals surface area contributed by atoms with Crippen molar-refractivity contribution >= 4 is 34.2 Å². The number of hydrogen-bond acceptors (Lipinski definition) is 3. The second-order valence-electron chi connectivity index (χ2n) is 4.35. The Morgan fingerprint density at radius 1 is 1.26 bits per heavy atom. The summed E-state index contributed by atoms with van der Waals surface area (Å²) in [4.78, 5) is 14.2. The number of hydrogen-bond donors (Lipinski definition) is 2. The van der Waals surface area contributed by atoms with Gasteiger partial charge in [-0.2, -0.15) is 0 Å². The summed E-state index contributed by atoms with van der Waals surface area (Å²) in [6, 6.07) is 7.41. The Bertz CT molecular complexity index is 393. The summed E-state index contributed by atoms with van der Waals surface area (Å²) in [5, 5.41) is 6.26. The standard InChI is InChI=1S/C13H18BrN3O.ClH/c14-12-3-1-11(2-4-12)13(18)16-7-10-17-8-5-15-6-9-17;/h1-4,15H,5-10H2,(H,16,18);1H. The van der Waals surface area contributed by atoms with E-state index in [1.807, 2.05) is 24.3 Å². The summed E-state index contributed by atoms with van der Waals surface area (Å²) >= 11 is 3.36. The highest BCUT2D eigenvalue weighted by Gasteiger charge is 2.09. The number of nitrogens with one attached hydrogen (secondary N) is 2. The van der Waals surface area contributed by atoms with Crippen LogP contribution in [0.5, 0.6) is 0 Å². The summed E-state index contributed by atoms with van der Waals surface area (Å²) < 4.78 is 0.986. The van der Waals surface area contributed by atoms with Crippen molar-refractivity contribution in [2.75, 3.05) is 39.3 Å². The molecule has 0 unspecified atom stereocenters. The van der Waals surface area contributed by atoms with Gasteiger partial charge in [0, 0.05) is 49.3 Å². The SMILES string of the molecule is Cl.O=C(NCCN1CCNCC1)c1ccc(Br)cc1. The van der Waals surface area contributed by atoms with Gasteiger partial charge in [-0.05, 0) is 24.3 Å². The Kier molecular flexibility index (Phi) is 7.38. The van der Waals surface area contributed by atoms with Crippen LogP contribution >= 0.6 is 28.3 Å². The van der Waals surface area contributed by atoms with E-state index in [-0.39, 0.29) is 18.3 Å². The van der Waals surface area contributed by atoms with Crippen LogP contribution in [0.25, 0.3) is 0 Å². The lowest BCUT2D eigenvalue weighted by Gasteiger charge is -2.27. The normalized spacial score (nSPS) is 15.6. The molecule has 19 heavy (non-hydrogen) atoms. The van der Waals surface area contributed by atoms with E-state index >= 15 is 0 Å². The van der Waals surface area contributed by atoms with Gasteiger partial charge in [-0.15, -0.1) is 12.4 Å². The molecule has 2 rings (SSSR count). The van der Waals surface area contributed by atoms with Crippen molar-refractivity contribution in [2.24, 2.45) is 0 Å². The van der Waals surface area contributed by atoms with E-state index in [2.05, 4.69) is 31.5 Å². The molecule has 0 aliphatic carbocycles. The molecular formula is C13H19BrClN3O. The van der Waals surface area contributed by atoms with E-state index in [4.69, 9.17) is 0 Å². The number of carbonyl (C=O) groups excluding carboxylic acids is 1. The molecule has 0 atom stereocenters. The molecule has 0 spiro atoms. The first kappa shape index (κ1) is 16.4. The number of halogens is 2. The molecule has 1 aliphatic heterocycles. The smallest absolute Gasteiger partial charge is 0.251 e. The van der Waals surface area contributed by atoms with Gasteiger partial charge in [-0.25, -0.2) is 0 Å². The van der Waals surface area contributed by atoms with Crippen LogP contribution in [0.15, 0.2) is 28.7 Å². The highest BCUT2D eigenvalue weighted by Crippen LogP contribution is 2.10. The van der Waals surface area contributed by atoms with Crippen molar-refractivity contribution in [3.63, 3.8) is 0 Å². The van der Waals surface area contributed by atoms with E-state index < -0.39 is 0 Å². The Hall–Kier alpha value is -0.620. The van der Waals surface area contributed by atoms with Gasteiger partial charge in [-0.3, -0.25) is 9.69 Å². The average Bonchev–Trinajstić information content (AvgIpc) is 2.40. The molecular weight excluding hydrogens is 330 g/mol. The summed E-state index contributed by atoms with van der Waals surface area (Å²) in [7, 11) is 0. The fourth-order valence-electron chi connectivity index (χ4n) is 1.97. The quantitative estimate of drug-likeness (QED) is 0.867. The van der Waals surface area contributed by atoms with E-state index in [0.29, 0.717) is 12.1 Å². The van der Waals surface area contributed by atoms with Crippen molar-refractivity contribution in [3.8, 4) is 0 Å². The Morgan fingerprint density at radius 2 is 1.89 bits per heavy atom. The number of piperazine rings is 1. The first-order valence-corrected chi connectivity index (χ1v) is 7.02. The summed E-state index contributed by atoms with van der Waals surface area (Å²) in [6.45, 7) is 5.84. The van der Waals surface area contributed by atoms with Gasteiger partial charge in [0.1, 0.15) is 0 Å². The van der Waals surface area contributed by atoms with E-state index in [1.54, 1.807) is 0 Å². The largest absolute Gasteiger partial charge is 0.351 e. The minimum atomic E-state index is -0.00219. The Balaban J connectivity index is 0.00000180. The third kappa shape index (κ3) is 5.48. The fraction of sp³-hybridized carbons (Fsp3) is 0.462. The van der Waals surface area contributed by atoms with Gasteiger partial charge in [0.15, 0.2) is 0 Å². The molecule has 4 nitrogen and oxygen atoms in total. The highest BCUT2D eigenvalue weighted by molar-refractivity contribution is 9.10. The molecule has 0 saturated carbocycles. The number of benzene rings is 1. The maximum atomic E-state index is 11.8. The monoisotopic (exact) mass is 347 g/mol. The van der Waals surface area contributed by atoms with Gasteiger partial charge in [-0.1, -0.05) is 15.9 Å². The third-order valence-corrected chi connectivity index (χ3v) is 3.56. The van der Waals surface area contributed by atoms with Crippen LogP contribution in [0.4, 0.5) is 0 Å². The molecule has 1 aliphatic rings. The molecule has 1 saturated heterocycles. The van der Waals surface area contributed by atoms with Crippen molar-refractivity contribution in [2.45, 2.75) is 0 Å². The van der Waals surface area contributed by atoms with Gasteiger partial charge >= 0.3 is 0 Å². The molecule has 1 amide bonds. The average molecular weight is 349 g/mol. The maximum absolute atomic E-state index is 11.8. The number of nitrogens with zero attached hydrogens (tertiary/aromatic N) is 1. The molecule has 0 aromatic heterocycles. The molecule has 1 aromatic rings. The van der Waals surface area contributed by atoms with Gasteiger partial charge < -0.3 is 10.6 Å². The first-order chi connectivity index (χ1) is 8.75. The van der Waals surface area contributed by atoms with Gasteiger partial charge in [0.25, 0.3) is 5.91 Å². The van der Waals surface area contributed by atoms with Crippen LogP contribution in [0.1, 0.15) is 10.4 Å². The zero-order chi connectivity index (χ0) is 12.8. The molecule has 0 radical (unpaired) electrons. The lowest BCUT2D eigenvalue weighted by atomic mass is 10.2. The van der Waals surface area contributed by atoms with Crippen LogP contribution < -0.4 is 10.6 Å². The van der Waals surface area contributed by atoms with Gasteiger partial charge in [0.2, 0.25) is 0 Å². The Morgan fingerprint density at radius 3 is 2.53 bits per heavy atom. The summed E-state index contributed by atoms with van der Waals surface area (Å²) in [6.07, 6.45) is 0. The maximum Gasteiger partial charge on any atom is 0.251 e. The van der Waals surface area contributed by atoms with Crippen LogP contribution in [0.3, 0.4) is 0 Å². The van der Waals surface area contributed by atoms with Crippen LogP contribution in [-0.4, -0.2) is 50.1 Å². The molecule has 6 heteroatoms. The van der Waals surface area contributed by atoms with Crippen molar-refractivity contribution < 1.29 is 4.79 Å². The van der Waals surface area contributed by atoms with Crippen LogP contribution in [0, 0.1) is 0 Å². The van der Waals surface area contributed by atoms with E-state index in [9.17, 15) is 4.79 Å². The van der Waals surface area contributed by atoms with E-state index in [1.165, 1.54) is 0 Å². The van der Waals surface area contributed by atoms with Crippen molar-refractivity contribution in [1.82, 2.24) is 15.5 Å². The zero-order valence-corrected chi connectivity index (χ0v) is 13.1. The van der Waals surface area contributed by atoms with Crippen molar-refractivity contribution in [3.05, 3.63) is 34.3 Å². The molecule has 2 N–H and O–H groups in total. The predicted octanol–water partition coefficient (Wildman–Crippen LogP) is 1.51. The summed E-state index contributed by atoms with van der Waals surface area (Å²) in [5.41, 5.74) is 0.707. The minimum Gasteiger partial charge on any atom is -0.351 e. The lowest BCUT2D eigenvalue weighted by molar-refractivity contribution is 0.0947. The third-order valence-electron chi connectivity index (χ3n) is 3.03. The lowest BCUT2D eigenvalue weighted by Crippen LogP contribution is -2.46. The molecule has 1 aromatic carbocycles. The van der Waals surface area contributed by atoms with Gasteiger partial charge in [0.05, 0.1) is 0 Å². The number of amides is 1. The van der Waals surface area contributed by atoms with Crippen LogP contribution in [-0.2, 0) is 0 Å². The van der Waals surface area contributed by atoms with Crippen molar-refractivity contribution in [1.29, 1.82) is 0 Å². The molecule has 1 heterocycles. The topological polar surface area (TPSA) is 44.4 Å². The number of rotatable bonds is 4. The van der Waals surface area contributed by atoms with Crippen LogP contribution in [0.2, 0.25) is 0 Å². The summed E-state index contributed by atoms with van der Waals surface area (Å²) in [5.74, 6) is -0.00219. The second-order valence-corrected chi connectivity index (χ2v) is 5.27. The fourth-order valence-corrected chi connectivity index (χ4v) is 2.23. The first-order valence-electron chi connectivity index (χ1n) is 6.22. The molecule has 106 valence electrons. The molecule has 1 fully saturated rings. The zero-order valence-electron chi connectivity index (χ0n) is 10.7. The minimum absolute atomic E-state index is 0.